The van der Waals surface area contributed by atoms with Crippen LogP contribution in [0.3, 0.4) is 0 Å². The molecule has 0 N–H and O–H groups in total. The maximum absolute atomic E-state index is 12.2. The number of amides is 1. The maximum Gasteiger partial charge on any atom is 0.266 e. The van der Waals surface area contributed by atoms with Crippen molar-refractivity contribution in [3.63, 3.8) is 0 Å². The molecule has 5 heteroatoms. The molecule has 1 amide bonds. The van der Waals surface area contributed by atoms with E-state index in [0.29, 0.717) is 16.6 Å². The zero-order valence-electron chi connectivity index (χ0n) is 12.4. The monoisotopic (exact) mass is 302 g/mol. The molecule has 1 aromatic carbocycles. The molecule has 0 bridgehead atoms. The summed E-state index contributed by atoms with van der Waals surface area (Å²) in [6.45, 7) is 6.14. The third-order valence-corrected chi connectivity index (χ3v) is 4.13. The minimum Gasteiger partial charge on any atom is -0.496 e. The van der Waals surface area contributed by atoms with E-state index in [4.69, 9.17) is 4.74 Å². The number of thioether (sulfide) groups is 1. The van der Waals surface area contributed by atoms with Gasteiger partial charge in [0.2, 0.25) is 0 Å². The second kappa shape index (κ2) is 6.63. The van der Waals surface area contributed by atoms with Gasteiger partial charge in [-0.25, -0.2) is 0 Å². The topological polar surface area (TPSA) is 41.9 Å². The van der Waals surface area contributed by atoms with E-state index in [0.717, 1.165) is 16.9 Å². The summed E-state index contributed by atoms with van der Waals surface area (Å²) in [5.41, 5.74) is 2.00. The molecule has 21 heavy (non-hydrogen) atoms. The Morgan fingerprint density at radius 2 is 2.24 bits per heavy atom. The number of hydrogen-bond acceptors (Lipinski definition) is 4. The Balaban J connectivity index is 2.34. The summed E-state index contributed by atoms with van der Waals surface area (Å²) < 4.78 is 5.37. The molecule has 1 aromatic rings. The van der Waals surface area contributed by atoms with Gasteiger partial charge in [0.15, 0.2) is 5.17 Å². The fourth-order valence-corrected chi connectivity index (χ4v) is 2.88. The van der Waals surface area contributed by atoms with E-state index in [1.807, 2.05) is 31.2 Å². The Morgan fingerprint density at radius 1 is 1.48 bits per heavy atom. The molecule has 0 aliphatic carbocycles. The molecule has 1 fully saturated rings. The molecule has 2 rings (SSSR count). The van der Waals surface area contributed by atoms with Crippen LogP contribution in [0.4, 0.5) is 0 Å². The summed E-state index contributed by atoms with van der Waals surface area (Å²) in [5.74, 6) is 0.709. The van der Waals surface area contributed by atoms with Crippen LogP contribution in [0.1, 0.15) is 11.1 Å². The molecule has 1 heterocycles. The molecule has 0 spiro atoms. The number of nitrogens with zero attached hydrogens (tertiary/aromatic N) is 2. The van der Waals surface area contributed by atoms with Gasteiger partial charge in [0.05, 0.1) is 18.6 Å². The number of rotatable bonds is 4. The number of likely N-dealkylation sites (N-methyl/N-ethyl adjacent to an activating group) is 1. The first kappa shape index (κ1) is 15.4. The Morgan fingerprint density at radius 3 is 2.90 bits per heavy atom. The Bertz CT molecular complexity index is 635. The van der Waals surface area contributed by atoms with Crippen LogP contribution in [0, 0.1) is 6.92 Å². The summed E-state index contributed by atoms with van der Waals surface area (Å²) >= 11 is 1.37. The smallest absolute Gasteiger partial charge is 0.266 e. The van der Waals surface area contributed by atoms with Crippen molar-refractivity contribution in [2.24, 2.45) is 4.99 Å². The Kier molecular flexibility index (Phi) is 4.85. The van der Waals surface area contributed by atoms with Crippen molar-refractivity contribution < 1.29 is 9.53 Å². The van der Waals surface area contributed by atoms with Gasteiger partial charge in [-0.1, -0.05) is 18.2 Å². The molecule has 1 saturated heterocycles. The number of carbonyl (C=O) groups excluding carboxylic acids is 1. The fraction of sp³-hybridized carbons (Fsp3) is 0.250. The highest BCUT2D eigenvalue weighted by atomic mass is 32.2. The van der Waals surface area contributed by atoms with Crippen molar-refractivity contribution in [1.82, 2.24) is 4.90 Å². The van der Waals surface area contributed by atoms with E-state index in [1.165, 1.54) is 11.8 Å². The number of hydrogen-bond donors (Lipinski definition) is 0. The highest BCUT2D eigenvalue weighted by Gasteiger charge is 2.30. The van der Waals surface area contributed by atoms with Gasteiger partial charge in [-0.2, -0.15) is 0 Å². The lowest BCUT2D eigenvalue weighted by atomic mass is 10.1. The van der Waals surface area contributed by atoms with Gasteiger partial charge < -0.3 is 4.74 Å². The molecule has 0 aromatic heterocycles. The van der Waals surface area contributed by atoms with Crippen LogP contribution in [0.25, 0.3) is 6.08 Å². The standard InChI is InChI=1S/C16H18N2O2S/c1-5-8-17-16-18(3)15(19)14(21-16)10-12-7-6-11(2)9-13(12)20-4/h5-7,9-10H,1,8H2,2-4H3/b14-10+,17-16+. The minimum atomic E-state index is -0.0505. The summed E-state index contributed by atoms with van der Waals surface area (Å²) in [6.07, 6.45) is 3.55. The lowest BCUT2D eigenvalue weighted by Crippen LogP contribution is -2.24. The highest BCUT2D eigenvalue weighted by Crippen LogP contribution is 2.33. The highest BCUT2D eigenvalue weighted by molar-refractivity contribution is 8.18. The van der Waals surface area contributed by atoms with Gasteiger partial charge in [0.25, 0.3) is 5.91 Å². The normalized spacial score (nSPS) is 18.6. The molecular formula is C16H18N2O2S. The zero-order chi connectivity index (χ0) is 15.4. The van der Waals surface area contributed by atoms with Crippen molar-refractivity contribution in [3.05, 3.63) is 46.9 Å². The molecule has 0 saturated carbocycles. The van der Waals surface area contributed by atoms with Crippen molar-refractivity contribution in [2.45, 2.75) is 6.92 Å². The van der Waals surface area contributed by atoms with Gasteiger partial charge >= 0.3 is 0 Å². The molecule has 4 nitrogen and oxygen atoms in total. The number of benzene rings is 1. The lowest BCUT2D eigenvalue weighted by Gasteiger charge is -2.07. The molecule has 1 aliphatic heterocycles. The second-order valence-electron chi connectivity index (χ2n) is 4.63. The zero-order valence-corrected chi connectivity index (χ0v) is 13.2. The van der Waals surface area contributed by atoms with Crippen LogP contribution in [0.5, 0.6) is 5.75 Å². The molecule has 1 aliphatic rings. The predicted octanol–water partition coefficient (Wildman–Crippen LogP) is 3.09. The van der Waals surface area contributed by atoms with Crippen LogP contribution in [0.15, 0.2) is 40.8 Å². The van der Waals surface area contributed by atoms with Gasteiger partial charge in [-0.3, -0.25) is 14.7 Å². The third kappa shape index (κ3) is 3.36. The second-order valence-corrected chi connectivity index (χ2v) is 5.64. The van der Waals surface area contributed by atoms with Crippen LogP contribution in [0.2, 0.25) is 0 Å². The van der Waals surface area contributed by atoms with Crippen molar-refractivity contribution in [3.8, 4) is 5.75 Å². The van der Waals surface area contributed by atoms with Crippen molar-refractivity contribution >= 4 is 28.9 Å². The third-order valence-electron chi connectivity index (χ3n) is 3.03. The van der Waals surface area contributed by atoms with Gasteiger partial charge in [-0.05, 0) is 36.4 Å². The SMILES string of the molecule is C=CC/N=C1/S/C(=C/c2ccc(C)cc2OC)C(=O)N1C. The van der Waals surface area contributed by atoms with Gasteiger partial charge in [-0.15, -0.1) is 6.58 Å². The Labute approximate surface area is 129 Å². The van der Waals surface area contributed by atoms with Crippen LogP contribution >= 0.6 is 11.8 Å². The number of amidine groups is 1. The van der Waals surface area contributed by atoms with E-state index < -0.39 is 0 Å². The van der Waals surface area contributed by atoms with E-state index in [1.54, 1.807) is 25.1 Å². The first-order valence-corrected chi connectivity index (χ1v) is 7.36. The first-order valence-electron chi connectivity index (χ1n) is 6.54. The lowest BCUT2D eigenvalue weighted by molar-refractivity contribution is -0.121. The number of carbonyl (C=O) groups is 1. The van der Waals surface area contributed by atoms with Crippen molar-refractivity contribution in [2.75, 3.05) is 20.7 Å². The average Bonchev–Trinajstić information content (AvgIpc) is 2.75. The van der Waals surface area contributed by atoms with Crippen molar-refractivity contribution in [1.29, 1.82) is 0 Å². The number of methoxy groups -OCH3 is 1. The summed E-state index contributed by atoms with van der Waals surface area (Å²) in [7, 11) is 3.36. The largest absolute Gasteiger partial charge is 0.496 e. The molecule has 110 valence electrons. The average molecular weight is 302 g/mol. The summed E-state index contributed by atoms with van der Waals surface area (Å²) in [6, 6.07) is 5.90. The molecule has 0 atom stereocenters. The number of aryl methyl sites for hydroxylation is 1. The van der Waals surface area contributed by atoms with E-state index in [2.05, 4.69) is 11.6 Å². The fourth-order valence-electron chi connectivity index (χ4n) is 1.91. The predicted molar refractivity (Wildman–Crippen MR) is 88.6 cm³/mol. The van der Waals surface area contributed by atoms with E-state index in [9.17, 15) is 4.79 Å². The van der Waals surface area contributed by atoms with E-state index in [-0.39, 0.29) is 5.91 Å². The van der Waals surface area contributed by atoms with Crippen LogP contribution in [-0.4, -0.2) is 36.7 Å². The van der Waals surface area contributed by atoms with Gasteiger partial charge in [0, 0.05) is 12.6 Å². The molecule has 0 unspecified atom stereocenters. The molecule has 0 radical (unpaired) electrons. The maximum atomic E-state index is 12.2. The molecular weight excluding hydrogens is 284 g/mol. The number of ether oxygens (including phenoxy) is 1. The summed E-state index contributed by atoms with van der Waals surface area (Å²) in [5, 5.41) is 0.692. The Hall–Kier alpha value is -2.01. The van der Waals surface area contributed by atoms with Crippen LogP contribution < -0.4 is 4.74 Å². The summed E-state index contributed by atoms with van der Waals surface area (Å²) in [4.78, 5) is 18.8. The quantitative estimate of drug-likeness (QED) is 0.634. The first-order chi connectivity index (χ1) is 10.1. The van der Waals surface area contributed by atoms with Gasteiger partial charge in [0.1, 0.15) is 5.75 Å². The minimum absolute atomic E-state index is 0.0505. The number of aliphatic imine (C=N–C) groups is 1. The van der Waals surface area contributed by atoms with Crippen LogP contribution in [-0.2, 0) is 4.79 Å². The van der Waals surface area contributed by atoms with E-state index >= 15 is 0 Å².